The molecule has 1 aromatic heterocycles. The van der Waals surface area contributed by atoms with Crippen molar-refractivity contribution in [3.8, 4) is 0 Å². The number of H-pyrrole nitrogens is 1. The first kappa shape index (κ1) is 11.1. The highest BCUT2D eigenvalue weighted by Gasteiger charge is 2.23. The van der Waals surface area contributed by atoms with Gasteiger partial charge < -0.3 is 4.90 Å². The third kappa shape index (κ3) is 2.40. The summed E-state index contributed by atoms with van der Waals surface area (Å²) in [4.78, 5) is 17.7. The van der Waals surface area contributed by atoms with Gasteiger partial charge in [0.05, 0.1) is 0 Å². The first-order valence-electron chi connectivity index (χ1n) is 5.91. The molecule has 1 saturated carbocycles. The number of carbonyl (C=O) groups excluding carboxylic acids is 1. The van der Waals surface area contributed by atoms with Crippen LogP contribution in [-0.4, -0.2) is 39.1 Å². The van der Waals surface area contributed by atoms with Crippen molar-refractivity contribution in [2.45, 2.75) is 44.6 Å². The molecule has 2 rings (SSSR count). The fourth-order valence-corrected chi connectivity index (χ4v) is 2.29. The molecule has 0 spiro atoms. The largest absolute Gasteiger partial charge is 0.336 e. The predicted octanol–water partition coefficient (Wildman–Crippen LogP) is 1.60. The summed E-state index contributed by atoms with van der Waals surface area (Å²) in [5.74, 6) is 0.288. The number of carbonyl (C=O) groups is 1. The minimum atomic E-state index is -0.0515. The summed E-state index contributed by atoms with van der Waals surface area (Å²) in [5, 5.41) is 6.33. The maximum absolute atomic E-state index is 12.0. The summed E-state index contributed by atoms with van der Waals surface area (Å²) in [6.45, 7) is 0. The highest BCUT2D eigenvalue weighted by Crippen LogP contribution is 2.21. The van der Waals surface area contributed by atoms with E-state index in [0.29, 0.717) is 11.9 Å². The van der Waals surface area contributed by atoms with E-state index in [9.17, 15) is 4.79 Å². The quantitative estimate of drug-likeness (QED) is 0.773. The zero-order valence-electron chi connectivity index (χ0n) is 9.65. The molecule has 1 N–H and O–H groups in total. The average molecular weight is 222 g/mol. The average Bonchev–Trinajstić information content (AvgIpc) is 2.70. The molecule has 0 atom stereocenters. The number of nitrogens with one attached hydrogen (secondary N) is 1. The Morgan fingerprint density at radius 3 is 2.62 bits per heavy atom. The molecule has 88 valence electrons. The van der Waals surface area contributed by atoms with Gasteiger partial charge in [-0.1, -0.05) is 25.7 Å². The van der Waals surface area contributed by atoms with Crippen molar-refractivity contribution in [3.05, 3.63) is 12.2 Å². The third-order valence-corrected chi connectivity index (χ3v) is 3.31. The Bertz CT molecular complexity index is 328. The van der Waals surface area contributed by atoms with E-state index in [1.807, 2.05) is 11.9 Å². The van der Waals surface area contributed by atoms with Gasteiger partial charge in [-0.3, -0.25) is 9.89 Å². The fraction of sp³-hybridized carbons (Fsp3) is 0.727. The molecule has 0 bridgehead atoms. The lowest BCUT2D eigenvalue weighted by atomic mass is 10.1. The van der Waals surface area contributed by atoms with Crippen molar-refractivity contribution in [3.63, 3.8) is 0 Å². The van der Waals surface area contributed by atoms with Crippen LogP contribution in [0.15, 0.2) is 6.33 Å². The SMILES string of the molecule is CN(C(=O)c1ncn[nH]1)C1CCCCCC1. The molecule has 1 aliphatic rings. The summed E-state index contributed by atoms with van der Waals surface area (Å²) in [5.41, 5.74) is 0. The molecule has 0 unspecified atom stereocenters. The molecule has 0 aromatic carbocycles. The number of aromatic amines is 1. The summed E-state index contributed by atoms with van der Waals surface area (Å²) in [7, 11) is 1.86. The van der Waals surface area contributed by atoms with Crippen molar-refractivity contribution < 1.29 is 4.79 Å². The maximum atomic E-state index is 12.0. The first-order valence-corrected chi connectivity index (χ1v) is 5.91. The van der Waals surface area contributed by atoms with Crippen LogP contribution in [0.5, 0.6) is 0 Å². The minimum absolute atomic E-state index is 0.0515. The van der Waals surface area contributed by atoms with E-state index in [-0.39, 0.29) is 5.91 Å². The number of rotatable bonds is 2. The van der Waals surface area contributed by atoms with Gasteiger partial charge in [0.2, 0.25) is 5.82 Å². The molecule has 5 heteroatoms. The van der Waals surface area contributed by atoms with Gasteiger partial charge in [0.1, 0.15) is 6.33 Å². The van der Waals surface area contributed by atoms with Crippen LogP contribution < -0.4 is 0 Å². The van der Waals surface area contributed by atoms with E-state index in [0.717, 1.165) is 12.8 Å². The first-order chi connectivity index (χ1) is 7.79. The van der Waals surface area contributed by atoms with Crippen molar-refractivity contribution in [1.29, 1.82) is 0 Å². The van der Waals surface area contributed by atoms with Crippen LogP contribution >= 0.6 is 0 Å². The molecule has 0 aliphatic heterocycles. The lowest BCUT2D eigenvalue weighted by Crippen LogP contribution is -2.37. The van der Waals surface area contributed by atoms with Crippen LogP contribution in [0.1, 0.15) is 49.1 Å². The molecule has 5 nitrogen and oxygen atoms in total. The van der Waals surface area contributed by atoms with Crippen LogP contribution in [0.2, 0.25) is 0 Å². The smallest absolute Gasteiger partial charge is 0.291 e. The van der Waals surface area contributed by atoms with E-state index >= 15 is 0 Å². The van der Waals surface area contributed by atoms with E-state index in [1.165, 1.54) is 32.0 Å². The number of aromatic nitrogens is 3. The zero-order chi connectivity index (χ0) is 11.4. The Morgan fingerprint density at radius 1 is 1.38 bits per heavy atom. The van der Waals surface area contributed by atoms with Gasteiger partial charge in [0, 0.05) is 13.1 Å². The second-order valence-electron chi connectivity index (χ2n) is 4.40. The zero-order valence-corrected chi connectivity index (χ0v) is 9.65. The molecular formula is C11H18N4O. The summed E-state index contributed by atoms with van der Waals surface area (Å²) in [6, 6.07) is 0.361. The van der Waals surface area contributed by atoms with Gasteiger partial charge in [-0.15, -0.1) is 0 Å². The van der Waals surface area contributed by atoms with Crippen molar-refractivity contribution in [2.75, 3.05) is 7.05 Å². The Kier molecular flexibility index (Phi) is 3.54. The molecular weight excluding hydrogens is 204 g/mol. The molecule has 0 saturated heterocycles. The molecule has 1 fully saturated rings. The second-order valence-corrected chi connectivity index (χ2v) is 4.40. The van der Waals surface area contributed by atoms with E-state index in [2.05, 4.69) is 15.2 Å². The number of nitrogens with zero attached hydrogens (tertiary/aromatic N) is 3. The van der Waals surface area contributed by atoms with Crippen LogP contribution in [0.25, 0.3) is 0 Å². The van der Waals surface area contributed by atoms with Crippen LogP contribution in [0.4, 0.5) is 0 Å². The number of hydrogen-bond acceptors (Lipinski definition) is 3. The summed E-state index contributed by atoms with van der Waals surface area (Å²) in [6.07, 6.45) is 8.61. The highest BCUT2D eigenvalue weighted by atomic mass is 16.2. The molecule has 0 radical (unpaired) electrons. The number of amides is 1. The van der Waals surface area contributed by atoms with Crippen LogP contribution in [-0.2, 0) is 0 Å². The minimum Gasteiger partial charge on any atom is -0.336 e. The lowest BCUT2D eigenvalue weighted by molar-refractivity contribution is 0.0706. The lowest BCUT2D eigenvalue weighted by Gasteiger charge is -2.26. The molecule has 16 heavy (non-hydrogen) atoms. The van der Waals surface area contributed by atoms with Crippen molar-refractivity contribution in [1.82, 2.24) is 20.1 Å². The van der Waals surface area contributed by atoms with Gasteiger partial charge in [-0.25, -0.2) is 4.98 Å². The number of hydrogen-bond donors (Lipinski definition) is 1. The highest BCUT2D eigenvalue weighted by molar-refractivity contribution is 5.90. The van der Waals surface area contributed by atoms with E-state index < -0.39 is 0 Å². The molecule has 1 aromatic rings. The van der Waals surface area contributed by atoms with Gasteiger partial charge in [-0.2, -0.15) is 5.10 Å². The monoisotopic (exact) mass is 222 g/mol. The Hall–Kier alpha value is -1.39. The van der Waals surface area contributed by atoms with Gasteiger partial charge in [0.25, 0.3) is 5.91 Å². The van der Waals surface area contributed by atoms with Crippen LogP contribution in [0.3, 0.4) is 0 Å². The van der Waals surface area contributed by atoms with Crippen LogP contribution in [0, 0.1) is 0 Å². The Balaban J connectivity index is 2.00. The molecule has 1 amide bonds. The van der Waals surface area contributed by atoms with E-state index in [4.69, 9.17) is 0 Å². The van der Waals surface area contributed by atoms with Gasteiger partial charge >= 0.3 is 0 Å². The van der Waals surface area contributed by atoms with Crippen molar-refractivity contribution >= 4 is 5.91 Å². The molecule has 1 heterocycles. The Morgan fingerprint density at radius 2 is 2.06 bits per heavy atom. The summed E-state index contributed by atoms with van der Waals surface area (Å²) < 4.78 is 0. The maximum Gasteiger partial charge on any atom is 0.291 e. The molecule has 1 aliphatic carbocycles. The third-order valence-electron chi connectivity index (χ3n) is 3.31. The summed E-state index contributed by atoms with van der Waals surface area (Å²) >= 11 is 0. The Labute approximate surface area is 95.2 Å². The standard InChI is InChI=1S/C11H18N4O/c1-15(9-6-4-2-3-5-7-9)11(16)10-12-8-13-14-10/h8-9H,2-7H2,1H3,(H,12,13,14). The van der Waals surface area contributed by atoms with Crippen molar-refractivity contribution in [2.24, 2.45) is 0 Å². The predicted molar refractivity (Wildman–Crippen MR) is 60.0 cm³/mol. The van der Waals surface area contributed by atoms with E-state index in [1.54, 1.807) is 0 Å². The second kappa shape index (κ2) is 5.09. The fourth-order valence-electron chi connectivity index (χ4n) is 2.29. The topological polar surface area (TPSA) is 61.9 Å². The normalized spacial score (nSPS) is 18.1. The van der Waals surface area contributed by atoms with Gasteiger partial charge in [-0.05, 0) is 12.8 Å². The van der Waals surface area contributed by atoms with Gasteiger partial charge in [0.15, 0.2) is 0 Å².